The first-order valence-electron chi connectivity index (χ1n) is 7.83. The molecule has 106 valence electrons. The molecule has 0 aromatic carbocycles. The highest BCUT2D eigenvalue weighted by Gasteiger charge is 2.33. The van der Waals surface area contributed by atoms with E-state index in [1.807, 2.05) is 11.3 Å². The predicted molar refractivity (Wildman–Crippen MR) is 82.3 cm³/mol. The fourth-order valence-corrected chi connectivity index (χ4v) is 4.25. The van der Waals surface area contributed by atoms with Gasteiger partial charge in [0.2, 0.25) is 0 Å². The summed E-state index contributed by atoms with van der Waals surface area (Å²) >= 11 is 1.90. The Morgan fingerprint density at radius 1 is 1.16 bits per heavy atom. The lowest BCUT2D eigenvalue weighted by atomic mass is 9.79. The molecule has 2 aliphatic carbocycles. The lowest BCUT2D eigenvalue weighted by molar-refractivity contribution is 0.144. The zero-order chi connectivity index (χ0) is 13.1. The van der Waals surface area contributed by atoms with Crippen LogP contribution in [0.5, 0.6) is 0 Å². The van der Waals surface area contributed by atoms with E-state index in [1.54, 1.807) is 0 Å². The first-order chi connectivity index (χ1) is 9.36. The van der Waals surface area contributed by atoms with Crippen molar-refractivity contribution < 1.29 is 0 Å². The maximum Gasteiger partial charge on any atom is 0.0330 e. The van der Waals surface area contributed by atoms with E-state index in [2.05, 4.69) is 22.4 Å². The molecule has 2 fully saturated rings. The molecule has 3 rings (SSSR count). The van der Waals surface area contributed by atoms with Gasteiger partial charge in [-0.15, -0.1) is 11.3 Å². The highest BCUT2D eigenvalue weighted by atomic mass is 32.1. The van der Waals surface area contributed by atoms with E-state index < -0.39 is 0 Å². The van der Waals surface area contributed by atoms with Gasteiger partial charge in [0.15, 0.2) is 0 Å². The Labute approximate surface area is 121 Å². The van der Waals surface area contributed by atoms with Gasteiger partial charge < -0.3 is 5.73 Å². The van der Waals surface area contributed by atoms with Gasteiger partial charge in [-0.1, -0.05) is 18.9 Å². The van der Waals surface area contributed by atoms with Gasteiger partial charge in [0.25, 0.3) is 0 Å². The van der Waals surface area contributed by atoms with Crippen LogP contribution in [0, 0.1) is 11.8 Å². The lowest BCUT2D eigenvalue weighted by Crippen LogP contribution is -2.37. The van der Waals surface area contributed by atoms with Crippen LogP contribution >= 0.6 is 11.3 Å². The number of nitrogens with two attached hydrogens (primary N) is 1. The van der Waals surface area contributed by atoms with Gasteiger partial charge >= 0.3 is 0 Å². The molecule has 2 saturated carbocycles. The van der Waals surface area contributed by atoms with Crippen molar-refractivity contribution in [3.63, 3.8) is 0 Å². The quantitative estimate of drug-likeness (QED) is 0.863. The molecule has 2 aliphatic rings. The minimum absolute atomic E-state index is 0.776. The van der Waals surface area contributed by atoms with E-state index in [0.29, 0.717) is 0 Å². The van der Waals surface area contributed by atoms with Crippen LogP contribution in [-0.2, 0) is 6.54 Å². The van der Waals surface area contributed by atoms with Crippen molar-refractivity contribution in [2.45, 2.75) is 51.1 Å². The van der Waals surface area contributed by atoms with Gasteiger partial charge in [-0.3, -0.25) is 4.90 Å². The molecule has 2 N–H and O–H groups in total. The molecule has 3 heteroatoms. The smallest absolute Gasteiger partial charge is 0.0330 e. The molecule has 2 nitrogen and oxygen atoms in total. The predicted octanol–water partition coefficient (Wildman–Crippen LogP) is 3.48. The van der Waals surface area contributed by atoms with Gasteiger partial charge in [-0.2, -0.15) is 0 Å². The van der Waals surface area contributed by atoms with Crippen molar-refractivity contribution >= 4 is 11.3 Å². The molecule has 1 aromatic heterocycles. The average Bonchev–Trinajstić information content (AvgIpc) is 3.17. The number of hydrogen-bond acceptors (Lipinski definition) is 3. The van der Waals surface area contributed by atoms with Crippen LogP contribution in [0.3, 0.4) is 0 Å². The molecule has 0 spiro atoms. The first-order valence-corrected chi connectivity index (χ1v) is 8.71. The largest absolute Gasteiger partial charge is 0.330 e. The van der Waals surface area contributed by atoms with Gasteiger partial charge in [-0.25, -0.2) is 0 Å². The number of thiophene rings is 1. The molecule has 2 atom stereocenters. The Bertz CT molecular complexity index is 372. The maximum absolute atomic E-state index is 5.98. The van der Waals surface area contributed by atoms with Crippen LogP contribution < -0.4 is 5.73 Å². The first kappa shape index (κ1) is 13.6. The molecule has 1 heterocycles. The Morgan fingerprint density at radius 3 is 2.58 bits per heavy atom. The summed E-state index contributed by atoms with van der Waals surface area (Å²) in [6.45, 7) is 3.34. The minimum atomic E-state index is 0.776. The van der Waals surface area contributed by atoms with E-state index >= 15 is 0 Å². The lowest BCUT2D eigenvalue weighted by Gasteiger charge is -2.35. The van der Waals surface area contributed by atoms with Crippen molar-refractivity contribution in [2.24, 2.45) is 17.6 Å². The van der Waals surface area contributed by atoms with Crippen molar-refractivity contribution in [2.75, 3.05) is 13.1 Å². The molecular weight excluding hydrogens is 252 g/mol. The summed E-state index contributed by atoms with van der Waals surface area (Å²) in [5.74, 6) is 1.62. The summed E-state index contributed by atoms with van der Waals surface area (Å²) in [5, 5.41) is 2.20. The average molecular weight is 278 g/mol. The minimum Gasteiger partial charge on any atom is -0.330 e. The van der Waals surface area contributed by atoms with Crippen LogP contribution in [0.2, 0.25) is 0 Å². The van der Waals surface area contributed by atoms with Crippen LogP contribution in [0.1, 0.15) is 43.4 Å². The van der Waals surface area contributed by atoms with E-state index in [4.69, 9.17) is 5.73 Å². The van der Waals surface area contributed by atoms with E-state index in [9.17, 15) is 0 Å². The molecule has 0 bridgehead atoms. The standard InChI is InChI=1S/C16H26N2S/c17-10-13-4-1-2-5-14(13)11-18(15-7-8-15)12-16-6-3-9-19-16/h3,6,9,13-15H,1-2,4-5,7-8,10-12,17H2. The molecule has 0 radical (unpaired) electrons. The third-order valence-corrected chi connectivity index (χ3v) is 5.70. The molecule has 0 saturated heterocycles. The second kappa shape index (κ2) is 6.38. The van der Waals surface area contributed by atoms with Crippen LogP contribution in [-0.4, -0.2) is 24.0 Å². The van der Waals surface area contributed by atoms with Crippen molar-refractivity contribution in [3.05, 3.63) is 22.4 Å². The number of rotatable bonds is 6. The monoisotopic (exact) mass is 278 g/mol. The van der Waals surface area contributed by atoms with Crippen molar-refractivity contribution in [1.82, 2.24) is 4.90 Å². The van der Waals surface area contributed by atoms with Crippen molar-refractivity contribution in [3.8, 4) is 0 Å². The molecule has 0 amide bonds. The summed E-state index contributed by atoms with van der Waals surface area (Å²) in [4.78, 5) is 4.26. The molecule has 1 aromatic rings. The molecule has 2 unspecified atom stereocenters. The third-order valence-electron chi connectivity index (χ3n) is 4.84. The Balaban J connectivity index is 1.60. The van der Waals surface area contributed by atoms with Crippen LogP contribution in [0.15, 0.2) is 17.5 Å². The third kappa shape index (κ3) is 3.59. The van der Waals surface area contributed by atoms with Crippen molar-refractivity contribution in [1.29, 1.82) is 0 Å². The van der Waals surface area contributed by atoms with Gasteiger partial charge in [0.1, 0.15) is 0 Å². The zero-order valence-electron chi connectivity index (χ0n) is 11.8. The second-order valence-corrected chi connectivity index (χ2v) is 7.31. The van der Waals surface area contributed by atoms with Gasteiger partial charge in [0.05, 0.1) is 0 Å². The SMILES string of the molecule is NCC1CCCCC1CN(Cc1cccs1)C1CC1. The normalized spacial score (nSPS) is 27.9. The van der Waals surface area contributed by atoms with E-state index in [1.165, 1.54) is 49.9 Å². The Hall–Kier alpha value is -0.380. The zero-order valence-corrected chi connectivity index (χ0v) is 12.6. The van der Waals surface area contributed by atoms with E-state index in [0.717, 1.165) is 31.0 Å². The van der Waals surface area contributed by atoms with Gasteiger partial charge in [0, 0.05) is 24.0 Å². The maximum atomic E-state index is 5.98. The van der Waals surface area contributed by atoms with E-state index in [-0.39, 0.29) is 0 Å². The molecule has 19 heavy (non-hydrogen) atoms. The summed E-state index contributed by atoms with van der Waals surface area (Å²) in [5.41, 5.74) is 5.98. The molecule has 0 aliphatic heterocycles. The van der Waals surface area contributed by atoms with Crippen LogP contribution in [0.4, 0.5) is 0 Å². The summed E-state index contributed by atoms with van der Waals surface area (Å²) < 4.78 is 0. The summed E-state index contributed by atoms with van der Waals surface area (Å²) in [6.07, 6.45) is 8.39. The summed E-state index contributed by atoms with van der Waals surface area (Å²) in [6, 6.07) is 5.32. The second-order valence-electron chi connectivity index (χ2n) is 6.28. The Morgan fingerprint density at radius 2 is 1.95 bits per heavy atom. The fraction of sp³-hybridized carbons (Fsp3) is 0.750. The van der Waals surface area contributed by atoms with Gasteiger partial charge in [-0.05, 0) is 55.5 Å². The number of nitrogens with zero attached hydrogens (tertiary/aromatic N) is 1. The Kier molecular flexibility index (Phi) is 4.57. The highest BCUT2D eigenvalue weighted by molar-refractivity contribution is 7.09. The highest BCUT2D eigenvalue weighted by Crippen LogP contribution is 2.35. The molecular formula is C16H26N2S. The van der Waals surface area contributed by atoms with Crippen LogP contribution in [0.25, 0.3) is 0 Å². The summed E-state index contributed by atoms with van der Waals surface area (Å²) in [7, 11) is 0. The fourth-order valence-electron chi connectivity index (χ4n) is 3.52. The number of hydrogen-bond donors (Lipinski definition) is 1. The topological polar surface area (TPSA) is 29.3 Å².